The highest BCUT2D eigenvalue weighted by Gasteiger charge is 2.09. The standard InChI is InChI=1S/C48H96O4/c1-3-5-7-9-10-11-12-13-14-15-16-17-18-19-20-21-22-23-24-25-26-27-28-32-35-39-43-47(50)45-52-48(51)44-40-36-33-30-29-31-34-38-42-46(49)41-37-8-6-4-2/h46-47,49-50H,3-45H2,1-2H3/t46-,47-/m1/s1. The van der Waals surface area contributed by atoms with Gasteiger partial charge in [-0.3, -0.25) is 4.79 Å². The molecule has 0 saturated carbocycles. The maximum absolute atomic E-state index is 12.0. The van der Waals surface area contributed by atoms with E-state index in [1.807, 2.05) is 0 Å². The zero-order chi connectivity index (χ0) is 37.8. The smallest absolute Gasteiger partial charge is 0.305 e. The van der Waals surface area contributed by atoms with Gasteiger partial charge in [-0.05, 0) is 25.7 Å². The summed E-state index contributed by atoms with van der Waals surface area (Å²) in [7, 11) is 0. The molecule has 2 N–H and O–H groups in total. The van der Waals surface area contributed by atoms with E-state index in [1.54, 1.807) is 0 Å². The number of unbranched alkanes of at least 4 members (excludes halogenated alkanes) is 35. The lowest BCUT2D eigenvalue weighted by molar-refractivity contribution is -0.146. The fourth-order valence-electron chi connectivity index (χ4n) is 7.70. The van der Waals surface area contributed by atoms with Crippen LogP contribution in [0.15, 0.2) is 0 Å². The van der Waals surface area contributed by atoms with Crippen molar-refractivity contribution in [1.29, 1.82) is 0 Å². The quantitative estimate of drug-likeness (QED) is 0.0482. The van der Waals surface area contributed by atoms with Crippen molar-refractivity contribution in [3.05, 3.63) is 0 Å². The molecule has 0 aliphatic carbocycles. The summed E-state index contributed by atoms with van der Waals surface area (Å²) in [6.45, 7) is 4.68. The highest BCUT2D eigenvalue weighted by atomic mass is 16.5. The first-order valence-corrected chi connectivity index (χ1v) is 24.1. The van der Waals surface area contributed by atoms with Crippen molar-refractivity contribution in [2.75, 3.05) is 6.61 Å². The molecule has 0 fully saturated rings. The average molecular weight is 737 g/mol. The Balaban J connectivity index is 3.26. The number of ether oxygens (including phenoxy) is 1. The molecule has 0 aliphatic rings. The van der Waals surface area contributed by atoms with E-state index < -0.39 is 6.10 Å². The third-order valence-corrected chi connectivity index (χ3v) is 11.4. The van der Waals surface area contributed by atoms with E-state index in [4.69, 9.17) is 4.74 Å². The van der Waals surface area contributed by atoms with Crippen LogP contribution in [0.5, 0.6) is 0 Å². The first-order chi connectivity index (χ1) is 25.6. The Labute approximate surface area is 327 Å². The molecule has 0 aromatic rings. The number of aliphatic hydroxyl groups is 2. The molecule has 0 amide bonds. The van der Waals surface area contributed by atoms with Gasteiger partial charge >= 0.3 is 5.97 Å². The Morgan fingerprint density at radius 3 is 0.885 bits per heavy atom. The van der Waals surface area contributed by atoms with Crippen molar-refractivity contribution in [2.45, 2.75) is 296 Å². The van der Waals surface area contributed by atoms with Crippen LogP contribution in [0.4, 0.5) is 0 Å². The number of aliphatic hydroxyl groups excluding tert-OH is 2. The third kappa shape index (κ3) is 43.8. The Morgan fingerprint density at radius 2 is 0.577 bits per heavy atom. The minimum absolute atomic E-state index is 0.0968. The third-order valence-electron chi connectivity index (χ3n) is 11.4. The number of hydrogen-bond acceptors (Lipinski definition) is 4. The minimum Gasteiger partial charge on any atom is -0.463 e. The molecule has 0 aromatic carbocycles. The lowest BCUT2D eigenvalue weighted by atomic mass is 10.0. The van der Waals surface area contributed by atoms with E-state index in [-0.39, 0.29) is 18.7 Å². The molecular formula is C48H96O4. The van der Waals surface area contributed by atoms with Crippen LogP contribution < -0.4 is 0 Å². The molecular weight excluding hydrogens is 641 g/mol. The Kier molecular flexibility index (Phi) is 44.3. The lowest BCUT2D eigenvalue weighted by Gasteiger charge is -2.11. The molecule has 0 bridgehead atoms. The van der Waals surface area contributed by atoms with Crippen molar-refractivity contribution in [2.24, 2.45) is 0 Å². The molecule has 4 heteroatoms. The second-order valence-electron chi connectivity index (χ2n) is 16.8. The summed E-state index contributed by atoms with van der Waals surface area (Å²) in [6, 6.07) is 0. The molecule has 0 aromatic heterocycles. The molecule has 2 atom stereocenters. The maximum Gasteiger partial charge on any atom is 0.305 e. The fourth-order valence-corrected chi connectivity index (χ4v) is 7.70. The van der Waals surface area contributed by atoms with Crippen LogP contribution in [0.2, 0.25) is 0 Å². The highest BCUT2D eigenvalue weighted by molar-refractivity contribution is 5.69. The van der Waals surface area contributed by atoms with Crippen LogP contribution in [0, 0.1) is 0 Å². The summed E-state index contributed by atoms with van der Waals surface area (Å²) in [4.78, 5) is 12.0. The Morgan fingerprint density at radius 1 is 0.346 bits per heavy atom. The molecule has 0 saturated heterocycles. The number of rotatable bonds is 45. The zero-order valence-electron chi connectivity index (χ0n) is 35.8. The number of hydrogen-bond donors (Lipinski definition) is 2. The molecule has 4 nitrogen and oxygen atoms in total. The second kappa shape index (κ2) is 44.8. The largest absolute Gasteiger partial charge is 0.463 e. The van der Waals surface area contributed by atoms with Crippen molar-refractivity contribution >= 4 is 5.97 Å². The molecule has 0 radical (unpaired) electrons. The molecule has 312 valence electrons. The van der Waals surface area contributed by atoms with Crippen molar-refractivity contribution in [3.8, 4) is 0 Å². The normalized spacial score (nSPS) is 12.8. The fraction of sp³-hybridized carbons (Fsp3) is 0.979. The summed E-state index contributed by atoms with van der Waals surface area (Å²) in [5.41, 5.74) is 0. The van der Waals surface area contributed by atoms with E-state index in [1.165, 1.54) is 218 Å². The predicted molar refractivity (Wildman–Crippen MR) is 228 cm³/mol. The van der Waals surface area contributed by atoms with Gasteiger partial charge < -0.3 is 14.9 Å². The summed E-state index contributed by atoms with van der Waals surface area (Å²) in [6.07, 6.45) is 53.1. The molecule has 0 spiro atoms. The van der Waals surface area contributed by atoms with Crippen LogP contribution >= 0.6 is 0 Å². The van der Waals surface area contributed by atoms with Gasteiger partial charge in [0.15, 0.2) is 0 Å². The van der Waals surface area contributed by atoms with Crippen molar-refractivity contribution in [3.63, 3.8) is 0 Å². The highest BCUT2D eigenvalue weighted by Crippen LogP contribution is 2.18. The van der Waals surface area contributed by atoms with Crippen molar-refractivity contribution < 1.29 is 19.7 Å². The van der Waals surface area contributed by atoms with Gasteiger partial charge in [-0.25, -0.2) is 0 Å². The molecule has 0 rings (SSSR count). The van der Waals surface area contributed by atoms with Crippen LogP contribution in [0.1, 0.15) is 284 Å². The van der Waals surface area contributed by atoms with E-state index in [0.29, 0.717) is 6.42 Å². The number of carbonyl (C=O) groups is 1. The van der Waals surface area contributed by atoms with Crippen LogP contribution in [-0.4, -0.2) is 35.0 Å². The Hall–Kier alpha value is -0.610. The Bertz CT molecular complexity index is 667. The van der Waals surface area contributed by atoms with Gasteiger partial charge in [0, 0.05) is 6.42 Å². The van der Waals surface area contributed by atoms with E-state index in [9.17, 15) is 15.0 Å². The van der Waals surface area contributed by atoms with E-state index in [2.05, 4.69) is 13.8 Å². The van der Waals surface area contributed by atoms with E-state index in [0.717, 1.165) is 44.9 Å². The monoisotopic (exact) mass is 737 g/mol. The summed E-state index contributed by atoms with van der Waals surface area (Å²) >= 11 is 0. The van der Waals surface area contributed by atoms with Gasteiger partial charge in [0.05, 0.1) is 12.2 Å². The number of carbonyl (C=O) groups excluding carboxylic acids is 1. The maximum atomic E-state index is 12.0. The molecule has 52 heavy (non-hydrogen) atoms. The average Bonchev–Trinajstić information content (AvgIpc) is 3.14. The summed E-state index contributed by atoms with van der Waals surface area (Å²) in [5, 5.41) is 20.3. The minimum atomic E-state index is -0.513. The predicted octanol–water partition coefficient (Wildman–Crippen LogP) is 15.7. The molecule has 0 unspecified atom stereocenters. The molecule has 0 aliphatic heterocycles. The van der Waals surface area contributed by atoms with E-state index >= 15 is 0 Å². The topological polar surface area (TPSA) is 66.8 Å². The van der Waals surface area contributed by atoms with Gasteiger partial charge in [-0.15, -0.1) is 0 Å². The van der Waals surface area contributed by atoms with Gasteiger partial charge in [-0.1, -0.05) is 251 Å². The number of esters is 1. The van der Waals surface area contributed by atoms with Crippen LogP contribution in [0.3, 0.4) is 0 Å². The lowest BCUT2D eigenvalue weighted by Crippen LogP contribution is -2.18. The summed E-state index contributed by atoms with van der Waals surface area (Å²) in [5.74, 6) is -0.155. The summed E-state index contributed by atoms with van der Waals surface area (Å²) < 4.78 is 5.33. The van der Waals surface area contributed by atoms with Crippen LogP contribution in [-0.2, 0) is 9.53 Å². The van der Waals surface area contributed by atoms with Gasteiger partial charge in [0.25, 0.3) is 0 Å². The van der Waals surface area contributed by atoms with Gasteiger partial charge in [-0.2, -0.15) is 0 Å². The first-order valence-electron chi connectivity index (χ1n) is 24.1. The SMILES string of the molecule is CCCCCCCCCCCCCCCCCCCCCCCCCCCC[C@@H](O)COC(=O)CCCCCCCCCC[C@H](O)CCCCCC. The van der Waals surface area contributed by atoms with Crippen LogP contribution in [0.25, 0.3) is 0 Å². The van der Waals surface area contributed by atoms with Crippen molar-refractivity contribution in [1.82, 2.24) is 0 Å². The first kappa shape index (κ1) is 51.4. The molecule has 0 heterocycles. The zero-order valence-corrected chi connectivity index (χ0v) is 35.8. The second-order valence-corrected chi connectivity index (χ2v) is 16.8. The van der Waals surface area contributed by atoms with Gasteiger partial charge in [0.1, 0.15) is 6.61 Å². The van der Waals surface area contributed by atoms with Gasteiger partial charge in [0.2, 0.25) is 0 Å².